The second kappa shape index (κ2) is 1.43. The Kier molecular flexibility index (Phi) is 0.926. The smallest absolute Gasteiger partial charge is 0.0762 e. The zero-order valence-electron chi connectivity index (χ0n) is 3.55. The predicted octanol–water partition coefficient (Wildman–Crippen LogP) is 0.775. The fourth-order valence-corrected chi connectivity index (χ4v) is 0.442. The molecular formula is C5H7O. The van der Waals surface area contributed by atoms with Gasteiger partial charge in [-0.1, -0.05) is 12.2 Å². The summed E-state index contributed by atoms with van der Waals surface area (Å²) in [6.07, 6.45) is 4.03. The van der Waals surface area contributed by atoms with Crippen molar-refractivity contribution in [2.75, 3.05) is 6.61 Å². The average Bonchev–Trinajstić information content (AvgIpc) is 1.86. The fourth-order valence-electron chi connectivity index (χ4n) is 0.442. The molecule has 1 radical (unpaired) electrons. The summed E-state index contributed by atoms with van der Waals surface area (Å²) < 4.78 is 4.93. The minimum absolute atomic E-state index is 0.116. The van der Waals surface area contributed by atoms with Gasteiger partial charge < -0.3 is 4.74 Å². The van der Waals surface area contributed by atoms with Crippen LogP contribution in [-0.2, 0) is 4.74 Å². The third kappa shape index (κ3) is 0.601. The molecule has 0 fully saturated rings. The van der Waals surface area contributed by atoms with Gasteiger partial charge >= 0.3 is 0 Å². The van der Waals surface area contributed by atoms with E-state index in [1.54, 1.807) is 0 Å². The van der Waals surface area contributed by atoms with Gasteiger partial charge in [0.25, 0.3) is 0 Å². The number of hydrogen-bond acceptors (Lipinski definition) is 1. The Morgan fingerprint density at radius 2 is 2.67 bits per heavy atom. The first kappa shape index (κ1) is 3.88. The minimum atomic E-state index is 0.116. The summed E-state index contributed by atoms with van der Waals surface area (Å²) in [5, 5.41) is 0. The standard InChI is InChI=1S/C5H7O/c1-5-3-2-4-6-5/h2-3,5H,1,4H2. The zero-order chi connectivity index (χ0) is 4.41. The van der Waals surface area contributed by atoms with Gasteiger partial charge in [0.2, 0.25) is 0 Å². The summed E-state index contributed by atoms with van der Waals surface area (Å²) in [4.78, 5) is 0. The van der Waals surface area contributed by atoms with Crippen molar-refractivity contribution in [3.8, 4) is 0 Å². The van der Waals surface area contributed by atoms with Crippen molar-refractivity contribution in [1.29, 1.82) is 0 Å². The maximum Gasteiger partial charge on any atom is 0.0762 e. The Morgan fingerprint density at radius 3 is 2.83 bits per heavy atom. The van der Waals surface area contributed by atoms with E-state index in [9.17, 15) is 0 Å². The van der Waals surface area contributed by atoms with Crippen LogP contribution in [0.3, 0.4) is 0 Å². The molecule has 1 heterocycles. The molecule has 0 aromatic carbocycles. The molecule has 33 valence electrons. The molecule has 0 spiro atoms. The van der Waals surface area contributed by atoms with Crippen LogP contribution in [0.2, 0.25) is 0 Å². The van der Waals surface area contributed by atoms with E-state index in [4.69, 9.17) is 4.74 Å². The molecule has 1 unspecified atom stereocenters. The highest BCUT2D eigenvalue weighted by molar-refractivity contribution is 4.96. The van der Waals surface area contributed by atoms with Crippen molar-refractivity contribution < 1.29 is 4.74 Å². The van der Waals surface area contributed by atoms with Gasteiger partial charge in [-0.05, 0) is 6.92 Å². The molecular weight excluding hydrogens is 76.1 g/mol. The second-order valence-electron chi connectivity index (χ2n) is 1.30. The van der Waals surface area contributed by atoms with Crippen molar-refractivity contribution in [1.82, 2.24) is 0 Å². The third-order valence-corrected chi connectivity index (χ3v) is 0.757. The van der Waals surface area contributed by atoms with Crippen LogP contribution >= 0.6 is 0 Å². The molecule has 0 bridgehead atoms. The van der Waals surface area contributed by atoms with Gasteiger partial charge in [0.05, 0.1) is 12.7 Å². The summed E-state index contributed by atoms with van der Waals surface area (Å²) in [5.74, 6) is 0. The van der Waals surface area contributed by atoms with E-state index >= 15 is 0 Å². The van der Waals surface area contributed by atoms with Crippen LogP contribution in [0.25, 0.3) is 0 Å². The highest BCUT2D eigenvalue weighted by atomic mass is 16.5. The van der Waals surface area contributed by atoms with Crippen LogP contribution in [0.5, 0.6) is 0 Å². The molecule has 1 aliphatic heterocycles. The lowest BCUT2D eigenvalue weighted by Crippen LogP contribution is -1.95. The first-order valence-corrected chi connectivity index (χ1v) is 2.01. The second-order valence-corrected chi connectivity index (χ2v) is 1.30. The Hall–Kier alpha value is -0.300. The topological polar surface area (TPSA) is 9.23 Å². The fraction of sp³-hybridized carbons (Fsp3) is 0.400. The molecule has 0 saturated carbocycles. The Bertz CT molecular complexity index is 66.3. The van der Waals surface area contributed by atoms with E-state index in [2.05, 4.69) is 6.92 Å². The number of hydrogen-bond donors (Lipinski definition) is 0. The molecule has 1 rings (SSSR count). The highest BCUT2D eigenvalue weighted by Gasteiger charge is 1.98. The molecule has 1 heteroatoms. The van der Waals surface area contributed by atoms with Gasteiger partial charge in [-0.25, -0.2) is 0 Å². The van der Waals surface area contributed by atoms with Gasteiger partial charge in [0, 0.05) is 0 Å². The molecule has 1 atom stereocenters. The molecule has 0 aliphatic carbocycles. The first-order valence-electron chi connectivity index (χ1n) is 2.01. The van der Waals surface area contributed by atoms with Crippen molar-refractivity contribution in [3.05, 3.63) is 19.1 Å². The Labute approximate surface area is 37.6 Å². The zero-order valence-corrected chi connectivity index (χ0v) is 3.55. The number of ether oxygens (including phenoxy) is 1. The van der Waals surface area contributed by atoms with Gasteiger partial charge in [-0.2, -0.15) is 0 Å². The molecule has 6 heavy (non-hydrogen) atoms. The summed E-state index contributed by atoms with van der Waals surface area (Å²) >= 11 is 0. The quantitative estimate of drug-likeness (QED) is 0.393. The monoisotopic (exact) mass is 83.0 g/mol. The lowest BCUT2D eigenvalue weighted by Gasteiger charge is -1.93. The maximum absolute atomic E-state index is 4.93. The molecule has 0 N–H and O–H groups in total. The lowest BCUT2D eigenvalue weighted by molar-refractivity contribution is 0.160. The van der Waals surface area contributed by atoms with Gasteiger partial charge in [0.1, 0.15) is 0 Å². The summed E-state index contributed by atoms with van der Waals surface area (Å²) in [6, 6.07) is 0. The van der Waals surface area contributed by atoms with Crippen LogP contribution in [0.4, 0.5) is 0 Å². The molecule has 0 amide bonds. The summed E-state index contributed by atoms with van der Waals surface area (Å²) in [7, 11) is 0. The normalized spacial score (nSPS) is 31.8. The Balaban J connectivity index is 2.38. The van der Waals surface area contributed by atoms with Crippen molar-refractivity contribution in [2.45, 2.75) is 6.10 Å². The van der Waals surface area contributed by atoms with Gasteiger partial charge in [-0.3, -0.25) is 0 Å². The van der Waals surface area contributed by atoms with Crippen LogP contribution in [0.15, 0.2) is 12.2 Å². The Morgan fingerprint density at radius 1 is 1.83 bits per heavy atom. The van der Waals surface area contributed by atoms with Crippen molar-refractivity contribution in [3.63, 3.8) is 0 Å². The predicted molar refractivity (Wildman–Crippen MR) is 24.2 cm³/mol. The van der Waals surface area contributed by atoms with Crippen molar-refractivity contribution >= 4 is 0 Å². The molecule has 1 aliphatic rings. The van der Waals surface area contributed by atoms with Crippen LogP contribution in [-0.4, -0.2) is 12.7 Å². The maximum atomic E-state index is 4.93. The van der Waals surface area contributed by atoms with E-state index < -0.39 is 0 Å². The SMILES string of the molecule is [CH2]C1C=CCO1. The van der Waals surface area contributed by atoms with E-state index in [-0.39, 0.29) is 6.10 Å². The average molecular weight is 83.1 g/mol. The summed E-state index contributed by atoms with van der Waals surface area (Å²) in [5.41, 5.74) is 0. The number of rotatable bonds is 0. The minimum Gasteiger partial charge on any atom is -0.370 e. The summed E-state index contributed by atoms with van der Waals surface area (Å²) in [6.45, 7) is 4.37. The van der Waals surface area contributed by atoms with Crippen molar-refractivity contribution in [2.24, 2.45) is 0 Å². The van der Waals surface area contributed by atoms with Gasteiger partial charge in [0.15, 0.2) is 0 Å². The van der Waals surface area contributed by atoms with E-state index in [0.29, 0.717) is 0 Å². The third-order valence-electron chi connectivity index (χ3n) is 0.757. The van der Waals surface area contributed by atoms with E-state index in [1.807, 2.05) is 12.2 Å². The van der Waals surface area contributed by atoms with Crippen LogP contribution in [0.1, 0.15) is 0 Å². The van der Waals surface area contributed by atoms with E-state index in [0.717, 1.165) is 6.61 Å². The van der Waals surface area contributed by atoms with Crippen LogP contribution < -0.4 is 0 Å². The molecule has 0 aromatic rings. The lowest BCUT2D eigenvalue weighted by atomic mass is 10.4. The van der Waals surface area contributed by atoms with Gasteiger partial charge in [-0.15, -0.1) is 0 Å². The largest absolute Gasteiger partial charge is 0.370 e. The highest BCUT2D eigenvalue weighted by Crippen LogP contribution is 1.98. The molecule has 1 nitrogen and oxygen atoms in total. The van der Waals surface area contributed by atoms with E-state index in [1.165, 1.54) is 0 Å². The molecule has 0 saturated heterocycles. The van der Waals surface area contributed by atoms with Crippen LogP contribution in [0, 0.1) is 6.92 Å². The molecule has 0 aromatic heterocycles. The first-order chi connectivity index (χ1) is 2.89.